The Morgan fingerprint density at radius 2 is 2.24 bits per heavy atom. The first-order chi connectivity index (χ1) is 8.03. The van der Waals surface area contributed by atoms with Gasteiger partial charge in [-0.2, -0.15) is 11.8 Å². The summed E-state index contributed by atoms with van der Waals surface area (Å²) in [6.45, 7) is 2.88. The average Bonchev–Trinajstić information content (AvgIpc) is 2.26. The molecule has 0 amide bonds. The Hall–Kier alpha value is 0.220. The van der Waals surface area contributed by atoms with Crippen molar-refractivity contribution in [2.75, 3.05) is 24.3 Å². The first kappa shape index (κ1) is 15.3. The van der Waals surface area contributed by atoms with Crippen LogP contribution in [0, 0.1) is 0 Å². The lowest BCUT2D eigenvalue weighted by atomic mass is 10.1. The fourth-order valence-electron chi connectivity index (χ4n) is 2.04. The second-order valence-corrected chi connectivity index (χ2v) is 7.51. The van der Waals surface area contributed by atoms with Gasteiger partial charge in [0.05, 0.1) is 5.75 Å². The average molecular weight is 280 g/mol. The van der Waals surface area contributed by atoms with Crippen LogP contribution < -0.4 is 10.0 Å². The molecule has 17 heavy (non-hydrogen) atoms. The maximum Gasteiger partial charge on any atom is 0.213 e. The van der Waals surface area contributed by atoms with E-state index in [0.29, 0.717) is 0 Å². The third-order valence-corrected chi connectivity index (χ3v) is 5.22. The lowest BCUT2D eigenvalue weighted by molar-refractivity contribution is 0.421. The first-order valence-electron chi connectivity index (χ1n) is 6.26. The molecule has 0 saturated carbocycles. The van der Waals surface area contributed by atoms with Crippen molar-refractivity contribution in [2.45, 2.75) is 44.7 Å². The Balaban J connectivity index is 2.33. The first-order valence-corrected chi connectivity index (χ1v) is 9.30. The Labute approximate surface area is 109 Å². The fraction of sp³-hybridized carbons (Fsp3) is 1.00. The molecule has 1 aliphatic heterocycles. The van der Waals surface area contributed by atoms with Gasteiger partial charge in [-0.3, -0.25) is 0 Å². The van der Waals surface area contributed by atoms with Crippen LogP contribution in [0.4, 0.5) is 0 Å². The number of hydrogen-bond acceptors (Lipinski definition) is 4. The van der Waals surface area contributed by atoms with Crippen LogP contribution in [0.1, 0.15) is 32.6 Å². The van der Waals surface area contributed by atoms with E-state index in [2.05, 4.69) is 10.0 Å². The van der Waals surface area contributed by atoms with E-state index >= 15 is 0 Å². The summed E-state index contributed by atoms with van der Waals surface area (Å²) in [4.78, 5) is 0. The molecule has 1 saturated heterocycles. The standard InChI is InChI=1S/C11H24N2O2S2/c1-10(6-8-16-2)13-17(14,15)9-11-5-3-4-7-12-11/h10-13H,3-9H2,1-2H3. The van der Waals surface area contributed by atoms with Crippen LogP contribution in [-0.2, 0) is 10.0 Å². The maximum absolute atomic E-state index is 11.9. The zero-order chi connectivity index (χ0) is 12.7. The van der Waals surface area contributed by atoms with Gasteiger partial charge in [0, 0.05) is 12.1 Å². The predicted molar refractivity (Wildman–Crippen MR) is 75.0 cm³/mol. The Morgan fingerprint density at radius 1 is 1.47 bits per heavy atom. The van der Waals surface area contributed by atoms with Crippen LogP contribution in [0.2, 0.25) is 0 Å². The molecule has 2 unspecified atom stereocenters. The minimum absolute atomic E-state index is 0.0380. The van der Waals surface area contributed by atoms with E-state index in [9.17, 15) is 8.42 Å². The molecule has 6 heteroatoms. The molecule has 102 valence electrons. The van der Waals surface area contributed by atoms with Crippen LogP contribution in [0.15, 0.2) is 0 Å². The fourth-order valence-corrected chi connectivity index (χ4v) is 4.27. The van der Waals surface area contributed by atoms with Crippen LogP contribution in [0.25, 0.3) is 0 Å². The van der Waals surface area contributed by atoms with Gasteiger partial charge in [-0.05, 0) is 44.7 Å². The van der Waals surface area contributed by atoms with Gasteiger partial charge in [0.25, 0.3) is 0 Å². The lowest BCUT2D eigenvalue weighted by Gasteiger charge is -2.24. The van der Waals surface area contributed by atoms with Crippen molar-refractivity contribution in [3.8, 4) is 0 Å². The maximum atomic E-state index is 11.9. The highest BCUT2D eigenvalue weighted by molar-refractivity contribution is 7.98. The molecular formula is C11H24N2O2S2. The molecule has 0 aromatic heterocycles. The molecule has 0 bridgehead atoms. The van der Waals surface area contributed by atoms with E-state index in [0.717, 1.165) is 38.0 Å². The van der Waals surface area contributed by atoms with Gasteiger partial charge in [-0.1, -0.05) is 6.42 Å². The molecule has 2 atom stereocenters. The summed E-state index contributed by atoms with van der Waals surface area (Å²) >= 11 is 1.74. The Morgan fingerprint density at radius 3 is 2.82 bits per heavy atom. The van der Waals surface area contributed by atoms with Gasteiger partial charge in [0.1, 0.15) is 0 Å². The number of sulfonamides is 1. The van der Waals surface area contributed by atoms with Crippen LogP contribution in [0.5, 0.6) is 0 Å². The number of nitrogens with one attached hydrogen (secondary N) is 2. The highest BCUT2D eigenvalue weighted by atomic mass is 32.2. The van der Waals surface area contributed by atoms with Crippen LogP contribution >= 0.6 is 11.8 Å². The molecule has 0 aliphatic carbocycles. The van der Waals surface area contributed by atoms with E-state index < -0.39 is 10.0 Å². The largest absolute Gasteiger partial charge is 0.313 e. The van der Waals surface area contributed by atoms with Crippen molar-refractivity contribution >= 4 is 21.8 Å². The van der Waals surface area contributed by atoms with Gasteiger partial charge in [-0.15, -0.1) is 0 Å². The van der Waals surface area contributed by atoms with Crippen LogP contribution in [-0.4, -0.2) is 44.8 Å². The molecule has 0 aromatic rings. The van der Waals surface area contributed by atoms with Gasteiger partial charge in [0.15, 0.2) is 0 Å². The monoisotopic (exact) mass is 280 g/mol. The highest BCUT2D eigenvalue weighted by Gasteiger charge is 2.22. The zero-order valence-electron chi connectivity index (χ0n) is 10.7. The number of piperidine rings is 1. The quantitative estimate of drug-likeness (QED) is 0.735. The molecule has 1 aliphatic rings. The minimum atomic E-state index is -3.13. The molecule has 1 rings (SSSR count). The zero-order valence-corrected chi connectivity index (χ0v) is 12.4. The summed E-state index contributed by atoms with van der Waals surface area (Å²) in [6.07, 6.45) is 6.19. The number of thioether (sulfide) groups is 1. The van der Waals surface area contributed by atoms with Crippen molar-refractivity contribution in [2.24, 2.45) is 0 Å². The summed E-state index contributed by atoms with van der Waals surface area (Å²) in [7, 11) is -3.13. The third-order valence-electron chi connectivity index (χ3n) is 2.97. The summed E-state index contributed by atoms with van der Waals surface area (Å²) in [5.41, 5.74) is 0. The van der Waals surface area contributed by atoms with Gasteiger partial charge in [0.2, 0.25) is 10.0 Å². The highest BCUT2D eigenvalue weighted by Crippen LogP contribution is 2.09. The predicted octanol–water partition coefficient (Wildman–Crippen LogP) is 1.19. The van der Waals surface area contributed by atoms with E-state index in [4.69, 9.17) is 0 Å². The smallest absolute Gasteiger partial charge is 0.213 e. The summed E-state index contributed by atoms with van der Waals surface area (Å²) in [5.74, 6) is 1.21. The van der Waals surface area contributed by atoms with E-state index in [1.54, 1.807) is 11.8 Å². The van der Waals surface area contributed by atoms with Gasteiger partial charge >= 0.3 is 0 Å². The number of hydrogen-bond donors (Lipinski definition) is 2. The second kappa shape index (κ2) is 7.61. The van der Waals surface area contributed by atoms with Crippen molar-refractivity contribution < 1.29 is 8.42 Å². The van der Waals surface area contributed by atoms with Crippen molar-refractivity contribution in [3.05, 3.63) is 0 Å². The SMILES string of the molecule is CSCCC(C)NS(=O)(=O)CC1CCCCN1. The van der Waals surface area contributed by atoms with Gasteiger partial charge in [-0.25, -0.2) is 13.1 Å². The van der Waals surface area contributed by atoms with Crippen molar-refractivity contribution in [1.29, 1.82) is 0 Å². The molecule has 0 radical (unpaired) electrons. The van der Waals surface area contributed by atoms with Gasteiger partial charge < -0.3 is 5.32 Å². The lowest BCUT2D eigenvalue weighted by Crippen LogP contribution is -2.44. The summed E-state index contributed by atoms with van der Waals surface area (Å²) < 4.78 is 26.6. The number of rotatable bonds is 7. The van der Waals surface area contributed by atoms with Crippen LogP contribution in [0.3, 0.4) is 0 Å². The molecule has 0 spiro atoms. The van der Waals surface area contributed by atoms with E-state index in [1.807, 2.05) is 13.2 Å². The van der Waals surface area contributed by atoms with E-state index in [1.165, 1.54) is 0 Å². The minimum Gasteiger partial charge on any atom is -0.313 e. The molecule has 1 fully saturated rings. The summed E-state index contributed by atoms with van der Waals surface area (Å²) in [5, 5.41) is 3.27. The molecular weight excluding hydrogens is 256 g/mol. The van der Waals surface area contributed by atoms with Crippen molar-refractivity contribution in [3.63, 3.8) is 0 Å². The molecule has 2 N–H and O–H groups in total. The molecule has 1 heterocycles. The molecule has 4 nitrogen and oxygen atoms in total. The second-order valence-electron chi connectivity index (χ2n) is 4.73. The molecule has 0 aromatic carbocycles. The van der Waals surface area contributed by atoms with Crippen molar-refractivity contribution in [1.82, 2.24) is 10.0 Å². The third kappa shape index (κ3) is 6.64. The Kier molecular flexibility index (Phi) is 6.84. The normalized spacial score (nSPS) is 23.5. The topological polar surface area (TPSA) is 58.2 Å². The van der Waals surface area contributed by atoms with E-state index in [-0.39, 0.29) is 17.8 Å². The summed E-state index contributed by atoms with van der Waals surface area (Å²) in [6, 6.07) is 0.171. The Bertz CT molecular complexity index is 301.